The Morgan fingerprint density at radius 1 is 0.655 bits per heavy atom. The quantitative estimate of drug-likeness (QED) is 0.185. The van der Waals surface area contributed by atoms with Crippen LogP contribution >= 0.6 is 0 Å². The number of rotatable bonds is 10. The van der Waals surface area contributed by atoms with Gasteiger partial charge >= 0.3 is 53.8 Å². The zero-order valence-corrected chi connectivity index (χ0v) is 37.7. The Morgan fingerprint density at radius 2 is 1.00 bits per heavy atom. The molecule has 16 heteroatoms. The summed E-state index contributed by atoms with van der Waals surface area (Å²) in [5.41, 5.74) is -0.207. The van der Waals surface area contributed by atoms with E-state index in [9.17, 15) is 28.8 Å². The van der Waals surface area contributed by atoms with Crippen molar-refractivity contribution in [3.8, 4) is 0 Å². The van der Waals surface area contributed by atoms with Crippen molar-refractivity contribution in [1.82, 2.24) is 14.7 Å². The SMILES string of the molecule is CC(=O)/C=C/C=C1CN(C(=O)OC(C)(C)C)C1.CC(=O)CCCC1CN(C(=O)OC(C)(C)C)C1.CC(C)(C)OC(=O)N1CC(CCCC(=O)O)C1.CO.[Na+].[OH-]. The Labute approximate surface area is 350 Å². The molecule has 3 fully saturated rings. The Balaban J connectivity index is -0.000000708. The van der Waals surface area contributed by atoms with Crippen LogP contribution in [0.25, 0.3) is 0 Å². The first-order chi connectivity index (χ1) is 24.3. The van der Waals surface area contributed by atoms with Gasteiger partial charge in [0.2, 0.25) is 0 Å². The number of ketones is 2. The Hall–Kier alpha value is -2.98. The summed E-state index contributed by atoms with van der Waals surface area (Å²) in [5.74, 6) is 0.482. The van der Waals surface area contributed by atoms with Gasteiger partial charge in [0.05, 0.1) is 0 Å². The van der Waals surface area contributed by atoms with Crippen molar-refractivity contribution < 1.29 is 88.2 Å². The van der Waals surface area contributed by atoms with Crippen LogP contribution in [0.1, 0.15) is 115 Å². The third-order valence-corrected chi connectivity index (χ3v) is 7.46. The summed E-state index contributed by atoms with van der Waals surface area (Å²) < 4.78 is 15.7. The van der Waals surface area contributed by atoms with E-state index >= 15 is 0 Å². The first-order valence-corrected chi connectivity index (χ1v) is 18.3. The van der Waals surface area contributed by atoms with Crippen molar-refractivity contribution >= 4 is 35.8 Å². The number of aliphatic carboxylic acids is 1. The van der Waals surface area contributed by atoms with Crippen LogP contribution in [0.3, 0.4) is 0 Å². The Morgan fingerprint density at radius 3 is 1.31 bits per heavy atom. The fraction of sp³-hybridized carbons (Fsp3) is 0.744. The summed E-state index contributed by atoms with van der Waals surface area (Å²) in [4.78, 5) is 71.6. The van der Waals surface area contributed by atoms with Gasteiger partial charge in [0, 0.05) is 59.2 Å². The average molecular weight is 794 g/mol. The molecule has 0 radical (unpaired) electrons. The number of ether oxygens (including phenoxy) is 3. The van der Waals surface area contributed by atoms with Crippen molar-refractivity contribution in [1.29, 1.82) is 0 Å². The molecule has 0 aromatic carbocycles. The molecule has 0 unspecified atom stereocenters. The minimum absolute atomic E-state index is 0. The number of carboxylic acids is 1. The molecule has 312 valence electrons. The number of carbonyl (C=O) groups is 6. The van der Waals surface area contributed by atoms with Crippen molar-refractivity contribution in [3.05, 3.63) is 23.8 Å². The molecule has 0 aromatic heterocycles. The second-order valence-corrected chi connectivity index (χ2v) is 16.5. The molecule has 3 heterocycles. The van der Waals surface area contributed by atoms with Crippen LogP contribution < -0.4 is 29.6 Å². The zero-order chi connectivity index (χ0) is 41.2. The van der Waals surface area contributed by atoms with Gasteiger partial charge in [-0.2, -0.15) is 0 Å². The molecule has 0 aliphatic carbocycles. The molecule has 0 aromatic rings. The van der Waals surface area contributed by atoms with Crippen LogP contribution in [0, 0.1) is 11.8 Å². The van der Waals surface area contributed by atoms with Crippen LogP contribution in [-0.4, -0.2) is 129 Å². The summed E-state index contributed by atoms with van der Waals surface area (Å²) in [6.07, 6.45) is 8.67. The number of carbonyl (C=O) groups excluding carboxylic acids is 5. The van der Waals surface area contributed by atoms with E-state index < -0.39 is 22.8 Å². The molecule has 0 atom stereocenters. The smallest absolute Gasteiger partial charge is 0.870 e. The second kappa shape index (κ2) is 26.8. The minimum atomic E-state index is -0.756. The van der Waals surface area contributed by atoms with Crippen LogP contribution in [0.2, 0.25) is 0 Å². The number of aliphatic hydroxyl groups excluding tert-OH is 1. The third kappa shape index (κ3) is 28.1. The third-order valence-electron chi connectivity index (χ3n) is 7.46. The van der Waals surface area contributed by atoms with Crippen LogP contribution in [0.4, 0.5) is 14.4 Å². The summed E-state index contributed by atoms with van der Waals surface area (Å²) in [7, 11) is 1.00. The van der Waals surface area contributed by atoms with Gasteiger partial charge in [-0.1, -0.05) is 12.2 Å². The predicted octanol–water partition coefficient (Wildman–Crippen LogP) is 3.47. The molecule has 3 rings (SSSR count). The molecular formula is C39H68N3NaO12. The number of aliphatic hydroxyl groups is 1. The number of likely N-dealkylation sites (tertiary alicyclic amines) is 3. The largest absolute Gasteiger partial charge is 1.00 e. The van der Waals surface area contributed by atoms with E-state index in [0.29, 0.717) is 50.9 Å². The van der Waals surface area contributed by atoms with Gasteiger partial charge in [0.15, 0.2) is 5.78 Å². The number of nitrogens with zero attached hydrogens (tertiary/aromatic N) is 3. The first-order valence-electron chi connectivity index (χ1n) is 18.3. The molecule has 3 saturated heterocycles. The van der Waals surface area contributed by atoms with E-state index in [2.05, 4.69) is 0 Å². The zero-order valence-electron chi connectivity index (χ0n) is 35.7. The Bertz CT molecular complexity index is 1200. The molecule has 0 saturated carbocycles. The van der Waals surface area contributed by atoms with Crippen molar-refractivity contribution in [3.63, 3.8) is 0 Å². The average Bonchev–Trinajstić information content (AvgIpc) is 2.90. The molecule has 3 aliphatic heterocycles. The van der Waals surface area contributed by atoms with E-state index in [1.54, 1.807) is 27.7 Å². The number of carboxylic acid groups (broad SMARTS) is 1. The number of hydrogen-bond acceptors (Lipinski definition) is 11. The van der Waals surface area contributed by atoms with Gasteiger partial charge in [-0.15, -0.1) is 0 Å². The topological polar surface area (TPSA) is 210 Å². The fourth-order valence-electron chi connectivity index (χ4n) is 4.96. The number of hydrogen-bond donors (Lipinski definition) is 2. The predicted molar refractivity (Wildman–Crippen MR) is 204 cm³/mol. The maximum Gasteiger partial charge on any atom is 1.00 e. The maximum absolute atomic E-state index is 11.6. The van der Waals surface area contributed by atoms with Crippen molar-refractivity contribution in [2.24, 2.45) is 11.8 Å². The minimum Gasteiger partial charge on any atom is -0.870 e. The summed E-state index contributed by atoms with van der Waals surface area (Å²) in [6.45, 7) is 23.9. The van der Waals surface area contributed by atoms with Gasteiger partial charge in [0.1, 0.15) is 22.6 Å². The monoisotopic (exact) mass is 793 g/mol. The molecule has 3 N–H and O–H groups in total. The molecule has 0 spiro atoms. The van der Waals surface area contributed by atoms with Crippen LogP contribution in [-0.2, 0) is 28.6 Å². The van der Waals surface area contributed by atoms with E-state index in [4.69, 9.17) is 24.4 Å². The fourth-order valence-corrected chi connectivity index (χ4v) is 4.96. The van der Waals surface area contributed by atoms with Crippen LogP contribution in [0.15, 0.2) is 23.8 Å². The van der Waals surface area contributed by atoms with E-state index in [-0.39, 0.29) is 71.3 Å². The van der Waals surface area contributed by atoms with E-state index in [1.165, 1.54) is 13.0 Å². The van der Waals surface area contributed by atoms with Crippen LogP contribution in [0.5, 0.6) is 0 Å². The maximum atomic E-state index is 11.6. The number of amides is 3. The second-order valence-electron chi connectivity index (χ2n) is 16.5. The van der Waals surface area contributed by atoms with Gasteiger partial charge in [0.25, 0.3) is 0 Å². The summed E-state index contributed by atoms with van der Waals surface area (Å²) >= 11 is 0. The molecule has 55 heavy (non-hydrogen) atoms. The van der Waals surface area contributed by atoms with E-state index in [0.717, 1.165) is 45.0 Å². The molecule has 15 nitrogen and oxygen atoms in total. The molecular weight excluding hydrogens is 725 g/mol. The van der Waals surface area contributed by atoms with Gasteiger partial charge < -0.3 is 49.4 Å². The van der Waals surface area contributed by atoms with Crippen molar-refractivity contribution in [2.75, 3.05) is 46.4 Å². The van der Waals surface area contributed by atoms with Gasteiger partial charge in [-0.05, 0) is 125 Å². The normalized spacial score (nSPS) is 15.2. The Kier molecular flexibility index (Phi) is 27.5. The summed E-state index contributed by atoms with van der Waals surface area (Å²) in [6, 6.07) is 0. The van der Waals surface area contributed by atoms with Gasteiger partial charge in [-0.25, -0.2) is 14.4 Å². The number of Topliss-reactive ketones (excluding diaryl/α,β-unsaturated/α-hetero) is 1. The molecule has 3 amide bonds. The van der Waals surface area contributed by atoms with E-state index in [1.807, 2.05) is 68.4 Å². The first kappa shape index (κ1) is 56.4. The standard InChI is InChI=1S/C13H23NO3.C13H19NO3.C12H21NO4.CH4O.Na.H2O/c2*1-10(15)6-5-7-11-8-14(9-11)12(16)17-13(2,3)4;1-12(2,3)17-11(16)13-7-9(8-13)5-4-6-10(14)15;1-2;;/h11H,5-9H2,1-4H3;5-7H,8-9H2,1-4H3;9H,4-8H2,1-3H3,(H,14,15);2H,1H3;;1H2/q;;;;+1;/p-1/b;6-5+;;;;. The van der Waals surface area contributed by atoms with Gasteiger partial charge in [-0.3, -0.25) is 9.59 Å². The molecule has 0 bridgehead atoms. The number of allylic oxidation sites excluding steroid dienone is 3. The summed E-state index contributed by atoms with van der Waals surface area (Å²) in [5, 5.41) is 15.5. The molecule has 3 aliphatic rings. The van der Waals surface area contributed by atoms with Crippen molar-refractivity contribution in [2.45, 2.75) is 131 Å².